The number of Topliss-reactive ketones (excluding diaryl/α,β-unsaturated/α-hetero) is 1. The summed E-state index contributed by atoms with van der Waals surface area (Å²) >= 11 is 1.35. The molecule has 0 radical (unpaired) electrons. The Balaban J connectivity index is 2.08. The number of ketones is 1. The normalized spacial score (nSPS) is 12.2. The molecule has 0 aliphatic rings. The average Bonchev–Trinajstić information content (AvgIpc) is 3.08. The Kier molecular flexibility index (Phi) is 4.68. The maximum Gasteiger partial charge on any atom is 0.306 e. The first-order chi connectivity index (χ1) is 9.61. The Morgan fingerprint density at radius 3 is 2.85 bits per heavy atom. The lowest BCUT2D eigenvalue weighted by molar-refractivity contribution is -0.141. The number of aromatic nitrogens is 2. The van der Waals surface area contributed by atoms with Crippen LogP contribution in [-0.2, 0) is 4.79 Å². The molecule has 2 aromatic rings. The van der Waals surface area contributed by atoms with E-state index in [1.165, 1.54) is 11.3 Å². The second-order valence-corrected chi connectivity index (χ2v) is 5.62. The molecule has 0 amide bonds. The van der Waals surface area contributed by atoms with E-state index in [4.69, 9.17) is 5.11 Å². The summed E-state index contributed by atoms with van der Waals surface area (Å²) in [4.78, 5) is 27.8. The van der Waals surface area contributed by atoms with Gasteiger partial charge in [-0.1, -0.05) is 13.3 Å². The van der Waals surface area contributed by atoms with Gasteiger partial charge in [0.05, 0.1) is 17.1 Å². The van der Waals surface area contributed by atoms with E-state index < -0.39 is 11.9 Å². The van der Waals surface area contributed by atoms with Crippen LogP contribution < -0.4 is 0 Å². The molecule has 6 heteroatoms. The largest absolute Gasteiger partial charge is 0.481 e. The van der Waals surface area contributed by atoms with E-state index in [2.05, 4.69) is 4.98 Å². The van der Waals surface area contributed by atoms with Crippen molar-refractivity contribution in [2.75, 3.05) is 0 Å². The van der Waals surface area contributed by atoms with Crippen LogP contribution in [0, 0.1) is 5.92 Å². The molecule has 0 spiro atoms. The van der Waals surface area contributed by atoms with Gasteiger partial charge in [0.2, 0.25) is 0 Å². The van der Waals surface area contributed by atoms with Crippen molar-refractivity contribution >= 4 is 23.1 Å². The van der Waals surface area contributed by atoms with Gasteiger partial charge in [-0.2, -0.15) is 0 Å². The Bertz CT molecular complexity index is 589. The van der Waals surface area contributed by atoms with E-state index in [9.17, 15) is 9.59 Å². The average molecular weight is 292 g/mol. The molecule has 0 aromatic carbocycles. The van der Waals surface area contributed by atoms with Gasteiger partial charge in [0.25, 0.3) is 0 Å². The van der Waals surface area contributed by atoms with Gasteiger partial charge in [0.15, 0.2) is 5.78 Å². The minimum absolute atomic E-state index is 0.0626. The zero-order valence-electron chi connectivity index (χ0n) is 11.2. The van der Waals surface area contributed by atoms with Crippen LogP contribution in [0.2, 0.25) is 0 Å². The second-order valence-electron chi connectivity index (χ2n) is 4.56. The van der Waals surface area contributed by atoms with Crippen LogP contribution in [0.3, 0.4) is 0 Å². The lowest BCUT2D eigenvalue weighted by atomic mass is 9.97. The summed E-state index contributed by atoms with van der Waals surface area (Å²) < 4.78 is 1.82. The number of rotatable bonds is 7. The van der Waals surface area contributed by atoms with Crippen LogP contribution >= 0.6 is 11.3 Å². The molecule has 0 saturated heterocycles. The molecular formula is C14H16N2O3S. The second kappa shape index (κ2) is 6.47. The summed E-state index contributed by atoms with van der Waals surface area (Å²) in [6, 6.07) is 3.59. The highest BCUT2D eigenvalue weighted by Gasteiger charge is 2.22. The fraction of sp³-hybridized carbons (Fsp3) is 0.357. The van der Waals surface area contributed by atoms with Crippen molar-refractivity contribution in [2.45, 2.75) is 26.2 Å². The van der Waals surface area contributed by atoms with Crippen molar-refractivity contribution in [3.05, 3.63) is 35.7 Å². The lowest BCUT2D eigenvalue weighted by Gasteiger charge is -2.08. The van der Waals surface area contributed by atoms with Gasteiger partial charge >= 0.3 is 5.97 Å². The summed E-state index contributed by atoms with van der Waals surface area (Å²) in [7, 11) is 0. The van der Waals surface area contributed by atoms with E-state index in [0.29, 0.717) is 11.3 Å². The quantitative estimate of drug-likeness (QED) is 0.796. The molecule has 2 rings (SSSR count). The third-order valence-corrected chi connectivity index (χ3v) is 4.18. The highest BCUT2D eigenvalue weighted by molar-refractivity contribution is 7.16. The molecule has 20 heavy (non-hydrogen) atoms. The summed E-state index contributed by atoms with van der Waals surface area (Å²) in [6.45, 7) is 1.92. The number of carboxylic acids is 1. The van der Waals surface area contributed by atoms with Gasteiger partial charge < -0.3 is 5.11 Å². The standard InChI is InChI=1S/C14H16N2O3S/c1-2-3-10(14(18)19)8-11(17)12-4-5-13(20-12)16-7-6-15-9-16/h4-7,9-10H,2-3,8H2,1H3,(H,18,19). The Labute approximate surface area is 120 Å². The molecule has 1 unspecified atom stereocenters. The van der Waals surface area contributed by atoms with Gasteiger partial charge in [-0.15, -0.1) is 11.3 Å². The summed E-state index contributed by atoms with van der Waals surface area (Å²) in [5.41, 5.74) is 0. The Morgan fingerprint density at radius 2 is 2.25 bits per heavy atom. The van der Waals surface area contributed by atoms with Crippen LogP contribution in [0.25, 0.3) is 5.00 Å². The summed E-state index contributed by atoms with van der Waals surface area (Å²) in [5.74, 6) is -1.60. The van der Waals surface area contributed by atoms with Gasteiger partial charge in [0, 0.05) is 18.8 Å². The molecule has 2 heterocycles. The van der Waals surface area contributed by atoms with Crippen molar-refractivity contribution in [1.82, 2.24) is 9.55 Å². The summed E-state index contributed by atoms with van der Waals surface area (Å²) in [6.07, 6.45) is 6.49. The minimum atomic E-state index is -0.897. The zero-order valence-corrected chi connectivity index (χ0v) is 12.0. The third-order valence-electron chi connectivity index (χ3n) is 3.04. The number of carboxylic acid groups (broad SMARTS) is 1. The van der Waals surface area contributed by atoms with E-state index in [1.54, 1.807) is 24.8 Å². The number of hydrogen-bond acceptors (Lipinski definition) is 4. The number of carbonyl (C=O) groups excluding carboxylic acids is 1. The van der Waals surface area contributed by atoms with Crippen molar-refractivity contribution < 1.29 is 14.7 Å². The number of imidazole rings is 1. The molecule has 106 valence electrons. The fourth-order valence-corrected chi connectivity index (χ4v) is 2.90. The first-order valence-corrected chi connectivity index (χ1v) is 7.27. The third kappa shape index (κ3) is 3.33. The summed E-state index contributed by atoms with van der Waals surface area (Å²) in [5, 5.41) is 9.99. The number of aliphatic carboxylic acids is 1. The number of nitrogens with zero attached hydrogens (tertiary/aromatic N) is 2. The van der Waals surface area contributed by atoms with E-state index in [1.807, 2.05) is 17.6 Å². The van der Waals surface area contributed by atoms with E-state index >= 15 is 0 Å². The molecule has 0 fully saturated rings. The lowest BCUT2D eigenvalue weighted by Crippen LogP contribution is -2.17. The fourth-order valence-electron chi connectivity index (χ4n) is 1.99. The van der Waals surface area contributed by atoms with Crippen LogP contribution in [-0.4, -0.2) is 26.4 Å². The molecule has 0 aliphatic heterocycles. The number of thiophene rings is 1. The minimum Gasteiger partial charge on any atom is -0.481 e. The molecule has 0 aliphatic carbocycles. The predicted octanol–water partition coefficient (Wildman–Crippen LogP) is 3.01. The first-order valence-electron chi connectivity index (χ1n) is 6.46. The molecular weight excluding hydrogens is 276 g/mol. The highest BCUT2D eigenvalue weighted by atomic mass is 32.1. The van der Waals surface area contributed by atoms with E-state index in [0.717, 1.165) is 11.4 Å². The smallest absolute Gasteiger partial charge is 0.306 e. The van der Waals surface area contributed by atoms with E-state index in [-0.39, 0.29) is 12.2 Å². The topological polar surface area (TPSA) is 72.2 Å². The van der Waals surface area contributed by atoms with Crippen molar-refractivity contribution in [1.29, 1.82) is 0 Å². The monoisotopic (exact) mass is 292 g/mol. The van der Waals surface area contributed by atoms with Gasteiger partial charge in [-0.25, -0.2) is 4.98 Å². The van der Waals surface area contributed by atoms with Gasteiger partial charge in [-0.3, -0.25) is 14.2 Å². The van der Waals surface area contributed by atoms with Crippen molar-refractivity contribution in [3.8, 4) is 5.00 Å². The molecule has 0 saturated carbocycles. The zero-order chi connectivity index (χ0) is 14.5. The van der Waals surface area contributed by atoms with Crippen LogP contribution in [0.4, 0.5) is 0 Å². The maximum atomic E-state index is 12.1. The maximum absolute atomic E-state index is 12.1. The predicted molar refractivity (Wildman–Crippen MR) is 76.4 cm³/mol. The van der Waals surface area contributed by atoms with Crippen molar-refractivity contribution in [2.24, 2.45) is 5.92 Å². The van der Waals surface area contributed by atoms with Gasteiger partial charge in [-0.05, 0) is 18.6 Å². The van der Waals surface area contributed by atoms with Crippen molar-refractivity contribution in [3.63, 3.8) is 0 Å². The van der Waals surface area contributed by atoms with Crippen LogP contribution in [0.5, 0.6) is 0 Å². The molecule has 0 bridgehead atoms. The van der Waals surface area contributed by atoms with Crippen LogP contribution in [0.1, 0.15) is 35.9 Å². The SMILES string of the molecule is CCCC(CC(=O)c1ccc(-n2ccnc2)s1)C(=O)O. The first kappa shape index (κ1) is 14.5. The molecule has 1 atom stereocenters. The van der Waals surface area contributed by atoms with Gasteiger partial charge in [0.1, 0.15) is 5.00 Å². The van der Waals surface area contributed by atoms with Crippen LogP contribution in [0.15, 0.2) is 30.9 Å². The Morgan fingerprint density at radius 1 is 1.45 bits per heavy atom. The highest BCUT2D eigenvalue weighted by Crippen LogP contribution is 2.24. The number of carbonyl (C=O) groups is 2. The molecule has 1 N–H and O–H groups in total. The number of hydrogen-bond donors (Lipinski definition) is 1. The Hall–Kier alpha value is -1.95. The molecule has 2 aromatic heterocycles. The molecule has 5 nitrogen and oxygen atoms in total.